The molecule has 2 rings (SSSR count). The summed E-state index contributed by atoms with van der Waals surface area (Å²) >= 11 is 1.05. The van der Waals surface area contributed by atoms with Crippen LogP contribution in [0.25, 0.3) is 6.08 Å². The van der Waals surface area contributed by atoms with Crippen molar-refractivity contribution in [3.8, 4) is 0 Å². The van der Waals surface area contributed by atoms with Crippen molar-refractivity contribution in [1.82, 2.24) is 0 Å². The van der Waals surface area contributed by atoms with Gasteiger partial charge in [0.2, 0.25) is 0 Å². The molecule has 1 aliphatic heterocycles. The van der Waals surface area contributed by atoms with Gasteiger partial charge in [-0.3, -0.25) is 9.59 Å². The molecule has 0 spiro atoms. The average molecular weight is 382 g/mol. The highest BCUT2D eigenvalue weighted by molar-refractivity contribution is 8.13. The third-order valence-electron chi connectivity index (χ3n) is 4.57. The number of aldehydes is 1. The van der Waals surface area contributed by atoms with Crippen LogP contribution in [0.1, 0.15) is 50.5 Å². The summed E-state index contributed by atoms with van der Waals surface area (Å²) in [7, 11) is -0.747. The predicted molar refractivity (Wildman–Crippen MR) is 98.9 cm³/mol. The van der Waals surface area contributed by atoms with E-state index in [1.165, 1.54) is 13.0 Å². The minimum atomic E-state index is -0.946. The molecular weight excluding hydrogens is 361 g/mol. The van der Waals surface area contributed by atoms with Crippen LogP contribution in [0.5, 0.6) is 0 Å². The summed E-state index contributed by atoms with van der Waals surface area (Å²) in [6, 6.07) is 2.13. The monoisotopic (exact) mass is 382 g/mol. The molecule has 0 unspecified atom stereocenters. The summed E-state index contributed by atoms with van der Waals surface area (Å²) in [5, 5.41) is -0.0962. The average Bonchev–Trinajstić information content (AvgIpc) is 2.71. The van der Waals surface area contributed by atoms with E-state index in [9.17, 15) is 18.4 Å². The van der Waals surface area contributed by atoms with E-state index in [-0.39, 0.29) is 22.7 Å². The van der Waals surface area contributed by atoms with E-state index < -0.39 is 35.5 Å². The van der Waals surface area contributed by atoms with Gasteiger partial charge >= 0.3 is 7.12 Å². The van der Waals surface area contributed by atoms with E-state index >= 15 is 0 Å². The zero-order chi connectivity index (χ0) is 19.7. The smallest absolute Gasteiger partial charge is 0.400 e. The van der Waals surface area contributed by atoms with Crippen molar-refractivity contribution in [2.24, 2.45) is 0 Å². The first-order valence-electron chi connectivity index (χ1n) is 8.10. The molecule has 26 heavy (non-hydrogen) atoms. The van der Waals surface area contributed by atoms with Crippen molar-refractivity contribution in [3.05, 3.63) is 40.4 Å². The van der Waals surface area contributed by atoms with Gasteiger partial charge in [-0.05, 0) is 50.9 Å². The third-order valence-corrected chi connectivity index (χ3v) is 5.45. The van der Waals surface area contributed by atoms with Crippen LogP contribution >= 0.6 is 11.8 Å². The summed E-state index contributed by atoms with van der Waals surface area (Å²) in [5.74, 6) is -1.64. The zero-order valence-electron chi connectivity index (χ0n) is 15.4. The lowest BCUT2D eigenvalue weighted by atomic mass is 9.78. The molecule has 1 fully saturated rings. The maximum atomic E-state index is 13.9. The second-order valence-electron chi connectivity index (χ2n) is 7.10. The second kappa shape index (κ2) is 7.62. The van der Waals surface area contributed by atoms with Crippen molar-refractivity contribution in [1.29, 1.82) is 0 Å². The summed E-state index contributed by atoms with van der Waals surface area (Å²) in [6.07, 6.45) is 1.66. The van der Waals surface area contributed by atoms with Crippen molar-refractivity contribution in [2.75, 3.05) is 5.75 Å². The maximum absolute atomic E-state index is 13.9. The molecule has 0 aliphatic carbocycles. The quantitative estimate of drug-likeness (QED) is 0.568. The topological polar surface area (TPSA) is 52.6 Å². The number of hydrogen-bond acceptors (Lipinski definition) is 5. The summed E-state index contributed by atoms with van der Waals surface area (Å²) in [6.45, 7) is 8.99. The summed E-state index contributed by atoms with van der Waals surface area (Å²) in [5.41, 5.74) is -0.996. The van der Waals surface area contributed by atoms with Crippen LogP contribution in [0.4, 0.5) is 8.78 Å². The van der Waals surface area contributed by atoms with Crippen molar-refractivity contribution in [3.63, 3.8) is 0 Å². The van der Waals surface area contributed by atoms with Crippen LogP contribution in [0.15, 0.2) is 17.6 Å². The fourth-order valence-corrected chi connectivity index (χ4v) is 2.96. The SMILES string of the molecule is CC(=O)SCC(=Cc1cc(F)c(C=O)c(F)c1)B1OC(C)(C)C(C)(C)O1. The molecule has 1 aromatic rings. The fourth-order valence-electron chi connectivity index (χ4n) is 2.37. The van der Waals surface area contributed by atoms with E-state index in [2.05, 4.69) is 0 Å². The van der Waals surface area contributed by atoms with E-state index in [0.717, 1.165) is 23.9 Å². The summed E-state index contributed by atoms with van der Waals surface area (Å²) in [4.78, 5) is 22.1. The molecule has 1 aliphatic rings. The van der Waals surface area contributed by atoms with Crippen LogP contribution in [0.2, 0.25) is 0 Å². The predicted octanol–water partition coefficient (Wildman–Crippen LogP) is 4.07. The number of benzene rings is 1. The van der Waals surface area contributed by atoms with Crippen molar-refractivity contribution in [2.45, 2.75) is 45.8 Å². The highest BCUT2D eigenvalue weighted by Crippen LogP contribution is 2.39. The molecule has 8 heteroatoms. The Labute approximate surface area is 156 Å². The van der Waals surface area contributed by atoms with Crippen LogP contribution in [-0.4, -0.2) is 35.5 Å². The highest BCUT2D eigenvalue weighted by atomic mass is 32.2. The summed E-state index contributed by atoms with van der Waals surface area (Å²) < 4.78 is 39.7. The van der Waals surface area contributed by atoms with Crippen LogP contribution in [-0.2, 0) is 14.1 Å². The fraction of sp³-hybridized carbons (Fsp3) is 0.444. The molecule has 0 saturated carbocycles. The lowest BCUT2D eigenvalue weighted by molar-refractivity contribution is -0.109. The first-order chi connectivity index (χ1) is 12.0. The molecule has 0 amide bonds. The van der Waals surface area contributed by atoms with Gasteiger partial charge in [-0.15, -0.1) is 0 Å². The van der Waals surface area contributed by atoms with Crippen LogP contribution in [0.3, 0.4) is 0 Å². The molecule has 0 radical (unpaired) electrons. The number of thioether (sulfide) groups is 1. The van der Waals surface area contributed by atoms with Gasteiger partial charge in [0, 0.05) is 12.7 Å². The van der Waals surface area contributed by atoms with Gasteiger partial charge in [0.1, 0.15) is 11.6 Å². The minimum Gasteiger partial charge on any atom is -0.400 e. The first kappa shape index (κ1) is 20.8. The Bertz CT molecular complexity index is 723. The molecule has 0 N–H and O–H groups in total. The molecule has 0 aromatic heterocycles. The Kier molecular flexibility index (Phi) is 6.10. The third kappa shape index (κ3) is 4.42. The van der Waals surface area contributed by atoms with Crippen molar-refractivity contribution >= 4 is 36.4 Å². The van der Waals surface area contributed by atoms with Gasteiger partial charge in [0.25, 0.3) is 0 Å². The van der Waals surface area contributed by atoms with Gasteiger partial charge in [0.05, 0.1) is 16.8 Å². The van der Waals surface area contributed by atoms with E-state index in [0.29, 0.717) is 5.47 Å². The van der Waals surface area contributed by atoms with Crippen LogP contribution < -0.4 is 0 Å². The number of hydrogen-bond donors (Lipinski definition) is 0. The Balaban J connectivity index is 2.41. The molecular formula is C18H21BF2O4S. The largest absolute Gasteiger partial charge is 0.491 e. The molecule has 0 atom stereocenters. The van der Waals surface area contributed by atoms with Gasteiger partial charge in [-0.1, -0.05) is 17.8 Å². The van der Waals surface area contributed by atoms with E-state index in [1.54, 1.807) is 0 Å². The number of carbonyl (C=O) groups is 2. The number of rotatable bonds is 5. The Morgan fingerprint density at radius 2 is 1.65 bits per heavy atom. The molecule has 140 valence electrons. The molecule has 1 heterocycles. The minimum absolute atomic E-state index is 0.0962. The molecule has 0 bridgehead atoms. The molecule has 1 aromatic carbocycles. The zero-order valence-corrected chi connectivity index (χ0v) is 16.2. The molecule has 4 nitrogen and oxygen atoms in total. The van der Waals surface area contributed by atoms with Gasteiger partial charge < -0.3 is 9.31 Å². The van der Waals surface area contributed by atoms with E-state index in [1.807, 2.05) is 27.7 Å². The molecule has 1 saturated heterocycles. The van der Waals surface area contributed by atoms with Gasteiger partial charge in [-0.25, -0.2) is 8.78 Å². The first-order valence-corrected chi connectivity index (χ1v) is 9.09. The second-order valence-corrected chi connectivity index (χ2v) is 8.26. The lowest BCUT2D eigenvalue weighted by Crippen LogP contribution is -2.41. The number of halogens is 2. The lowest BCUT2D eigenvalue weighted by Gasteiger charge is -2.32. The van der Waals surface area contributed by atoms with Gasteiger partial charge in [-0.2, -0.15) is 0 Å². The Morgan fingerprint density at radius 1 is 1.15 bits per heavy atom. The highest BCUT2D eigenvalue weighted by Gasteiger charge is 2.52. The number of carbonyl (C=O) groups excluding carboxylic acids is 2. The Hall–Kier alpha value is -1.51. The Morgan fingerprint density at radius 3 is 2.08 bits per heavy atom. The van der Waals surface area contributed by atoms with E-state index in [4.69, 9.17) is 9.31 Å². The standard InChI is InChI=1S/C18H21BF2O4S/c1-11(23)26-10-13(19-24-17(2,3)18(4,5)25-19)6-12-7-15(20)14(9-22)16(21)8-12/h6-9H,10H2,1-5H3. The van der Waals surface area contributed by atoms with Crippen LogP contribution in [0, 0.1) is 11.6 Å². The van der Waals surface area contributed by atoms with Crippen molar-refractivity contribution < 1.29 is 27.7 Å². The normalized spacial score (nSPS) is 18.9. The van der Waals surface area contributed by atoms with Gasteiger partial charge in [0.15, 0.2) is 11.4 Å². The maximum Gasteiger partial charge on any atom is 0.491 e.